The van der Waals surface area contributed by atoms with E-state index in [0.717, 1.165) is 13.0 Å². The quantitative estimate of drug-likeness (QED) is 0.869. The SMILES string of the molecule is CCC(C)C(CN)Cc1ccccc1Br. The summed E-state index contributed by atoms with van der Waals surface area (Å²) in [5.41, 5.74) is 7.20. The molecule has 0 aliphatic carbocycles. The molecule has 0 amide bonds. The van der Waals surface area contributed by atoms with Crippen LogP contribution in [0.3, 0.4) is 0 Å². The van der Waals surface area contributed by atoms with Gasteiger partial charge in [0, 0.05) is 4.47 Å². The average Bonchev–Trinajstić information content (AvgIpc) is 2.27. The lowest BCUT2D eigenvalue weighted by molar-refractivity contribution is 0.354. The normalized spacial score (nSPS) is 14.9. The van der Waals surface area contributed by atoms with E-state index in [-0.39, 0.29) is 0 Å². The van der Waals surface area contributed by atoms with E-state index in [9.17, 15) is 0 Å². The molecule has 0 aliphatic heterocycles. The highest BCUT2D eigenvalue weighted by atomic mass is 79.9. The first-order valence-corrected chi connectivity index (χ1v) is 6.41. The molecule has 2 atom stereocenters. The fourth-order valence-electron chi connectivity index (χ4n) is 1.80. The number of halogens is 1. The molecule has 2 unspecified atom stereocenters. The second kappa shape index (κ2) is 6.29. The Labute approximate surface area is 101 Å². The van der Waals surface area contributed by atoms with Gasteiger partial charge in [-0.25, -0.2) is 0 Å². The zero-order valence-electron chi connectivity index (χ0n) is 9.54. The first-order valence-electron chi connectivity index (χ1n) is 5.62. The zero-order chi connectivity index (χ0) is 11.3. The van der Waals surface area contributed by atoms with Crippen LogP contribution >= 0.6 is 15.9 Å². The van der Waals surface area contributed by atoms with E-state index in [1.165, 1.54) is 16.5 Å². The van der Waals surface area contributed by atoms with Gasteiger partial charge in [-0.3, -0.25) is 0 Å². The summed E-state index contributed by atoms with van der Waals surface area (Å²) < 4.78 is 1.20. The molecule has 0 aliphatic rings. The molecule has 0 saturated carbocycles. The summed E-state index contributed by atoms with van der Waals surface area (Å²) in [7, 11) is 0. The molecular weight excluding hydrogens is 250 g/mol. The average molecular weight is 270 g/mol. The lowest BCUT2D eigenvalue weighted by Gasteiger charge is -2.21. The molecule has 84 valence electrons. The molecular formula is C13H20BrN. The highest BCUT2D eigenvalue weighted by Crippen LogP contribution is 2.24. The van der Waals surface area contributed by atoms with Crippen LogP contribution < -0.4 is 5.73 Å². The minimum absolute atomic E-state index is 0.591. The van der Waals surface area contributed by atoms with E-state index in [2.05, 4.69) is 48.0 Å². The molecule has 0 spiro atoms. The van der Waals surface area contributed by atoms with Crippen molar-refractivity contribution in [1.29, 1.82) is 0 Å². The van der Waals surface area contributed by atoms with Crippen LogP contribution in [0.5, 0.6) is 0 Å². The lowest BCUT2D eigenvalue weighted by Crippen LogP contribution is -2.23. The largest absolute Gasteiger partial charge is 0.330 e. The number of benzene rings is 1. The molecule has 0 heterocycles. The monoisotopic (exact) mass is 269 g/mol. The van der Waals surface area contributed by atoms with Gasteiger partial charge in [-0.2, -0.15) is 0 Å². The Hall–Kier alpha value is -0.340. The summed E-state index contributed by atoms with van der Waals surface area (Å²) in [4.78, 5) is 0. The van der Waals surface area contributed by atoms with Crippen LogP contribution in [0.4, 0.5) is 0 Å². The Morgan fingerprint density at radius 1 is 1.33 bits per heavy atom. The maximum atomic E-state index is 5.83. The number of rotatable bonds is 5. The molecule has 15 heavy (non-hydrogen) atoms. The van der Waals surface area contributed by atoms with E-state index in [4.69, 9.17) is 5.73 Å². The zero-order valence-corrected chi connectivity index (χ0v) is 11.1. The predicted octanol–water partition coefficient (Wildman–Crippen LogP) is 3.61. The van der Waals surface area contributed by atoms with Crippen molar-refractivity contribution in [3.8, 4) is 0 Å². The second-order valence-corrected chi connectivity index (χ2v) is 5.03. The van der Waals surface area contributed by atoms with Gasteiger partial charge in [0.1, 0.15) is 0 Å². The van der Waals surface area contributed by atoms with Crippen LogP contribution in [0.25, 0.3) is 0 Å². The molecule has 2 heteroatoms. The fourth-order valence-corrected chi connectivity index (χ4v) is 2.24. The fraction of sp³-hybridized carbons (Fsp3) is 0.538. The van der Waals surface area contributed by atoms with Crippen LogP contribution in [-0.4, -0.2) is 6.54 Å². The van der Waals surface area contributed by atoms with Gasteiger partial charge in [0.05, 0.1) is 0 Å². The van der Waals surface area contributed by atoms with Gasteiger partial charge in [-0.1, -0.05) is 54.4 Å². The van der Waals surface area contributed by atoms with Gasteiger partial charge in [-0.15, -0.1) is 0 Å². The number of hydrogen-bond acceptors (Lipinski definition) is 1. The molecule has 0 aromatic heterocycles. The molecule has 0 radical (unpaired) electrons. The van der Waals surface area contributed by atoms with Crippen molar-refractivity contribution in [2.24, 2.45) is 17.6 Å². The highest BCUT2D eigenvalue weighted by Gasteiger charge is 2.15. The summed E-state index contributed by atoms with van der Waals surface area (Å²) in [6.45, 7) is 5.29. The van der Waals surface area contributed by atoms with Gasteiger partial charge >= 0.3 is 0 Å². The summed E-state index contributed by atoms with van der Waals surface area (Å²) in [6, 6.07) is 8.41. The molecule has 1 aromatic carbocycles. The third-order valence-corrected chi connectivity index (χ3v) is 3.96. The van der Waals surface area contributed by atoms with Crippen LogP contribution in [-0.2, 0) is 6.42 Å². The Balaban J connectivity index is 2.71. The summed E-state index contributed by atoms with van der Waals surface area (Å²) in [6.07, 6.45) is 2.28. The smallest absolute Gasteiger partial charge is 0.0207 e. The summed E-state index contributed by atoms with van der Waals surface area (Å²) in [5.74, 6) is 1.29. The van der Waals surface area contributed by atoms with Crippen molar-refractivity contribution < 1.29 is 0 Å². The second-order valence-electron chi connectivity index (χ2n) is 4.18. The molecule has 0 saturated heterocycles. The summed E-state index contributed by atoms with van der Waals surface area (Å²) >= 11 is 3.58. The Bertz CT molecular complexity index is 298. The van der Waals surface area contributed by atoms with Crippen LogP contribution in [0.1, 0.15) is 25.8 Å². The first kappa shape index (κ1) is 12.7. The van der Waals surface area contributed by atoms with Crippen molar-refractivity contribution >= 4 is 15.9 Å². The van der Waals surface area contributed by atoms with Gasteiger partial charge in [0.25, 0.3) is 0 Å². The number of nitrogens with two attached hydrogens (primary N) is 1. The topological polar surface area (TPSA) is 26.0 Å². The van der Waals surface area contributed by atoms with E-state index >= 15 is 0 Å². The third kappa shape index (κ3) is 3.62. The highest BCUT2D eigenvalue weighted by molar-refractivity contribution is 9.10. The maximum Gasteiger partial charge on any atom is 0.0207 e. The van der Waals surface area contributed by atoms with E-state index in [1.54, 1.807) is 0 Å². The standard InChI is InChI=1S/C13H20BrN/c1-3-10(2)12(9-15)8-11-6-4-5-7-13(11)14/h4-7,10,12H,3,8-9,15H2,1-2H3. The van der Waals surface area contributed by atoms with Crippen LogP contribution in [0.15, 0.2) is 28.7 Å². The maximum absolute atomic E-state index is 5.83. The molecule has 0 bridgehead atoms. The minimum atomic E-state index is 0.591. The Kier molecular flexibility index (Phi) is 5.34. The van der Waals surface area contributed by atoms with E-state index < -0.39 is 0 Å². The molecule has 1 rings (SSSR count). The van der Waals surface area contributed by atoms with Crippen LogP contribution in [0.2, 0.25) is 0 Å². The van der Waals surface area contributed by atoms with Crippen molar-refractivity contribution in [1.82, 2.24) is 0 Å². The van der Waals surface area contributed by atoms with Crippen molar-refractivity contribution in [3.63, 3.8) is 0 Å². The van der Waals surface area contributed by atoms with Crippen molar-refractivity contribution in [2.45, 2.75) is 26.7 Å². The van der Waals surface area contributed by atoms with E-state index in [1.807, 2.05) is 6.07 Å². The lowest BCUT2D eigenvalue weighted by atomic mass is 9.86. The third-order valence-electron chi connectivity index (χ3n) is 3.19. The minimum Gasteiger partial charge on any atom is -0.330 e. The van der Waals surface area contributed by atoms with Gasteiger partial charge in [0.2, 0.25) is 0 Å². The Morgan fingerprint density at radius 3 is 2.53 bits per heavy atom. The van der Waals surface area contributed by atoms with Crippen molar-refractivity contribution in [3.05, 3.63) is 34.3 Å². The van der Waals surface area contributed by atoms with Gasteiger partial charge in [-0.05, 0) is 36.4 Å². The Morgan fingerprint density at radius 2 is 2.00 bits per heavy atom. The van der Waals surface area contributed by atoms with Crippen LogP contribution in [0, 0.1) is 11.8 Å². The first-order chi connectivity index (χ1) is 7.19. The van der Waals surface area contributed by atoms with Crippen molar-refractivity contribution in [2.75, 3.05) is 6.54 Å². The predicted molar refractivity (Wildman–Crippen MR) is 69.8 cm³/mol. The molecule has 0 fully saturated rings. The van der Waals surface area contributed by atoms with E-state index in [0.29, 0.717) is 11.8 Å². The molecule has 2 N–H and O–H groups in total. The van der Waals surface area contributed by atoms with Gasteiger partial charge in [0.15, 0.2) is 0 Å². The number of hydrogen-bond donors (Lipinski definition) is 1. The molecule has 1 nitrogen and oxygen atoms in total. The summed E-state index contributed by atoms with van der Waals surface area (Å²) in [5, 5.41) is 0. The molecule has 1 aromatic rings. The van der Waals surface area contributed by atoms with Gasteiger partial charge < -0.3 is 5.73 Å².